The number of urea groups is 2. The zero-order valence-electron chi connectivity index (χ0n) is 28.2. The van der Waals surface area contributed by atoms with Crippen LogP contribution in [0, 0.1) is 23.0 Å². The summed E-state index contributed by atoms with van der Waals surface area (Å²) < 4.78 is 38.2. The van der Waals surface area contributed by atoms with Gasteiger partial charge in [0.25, 0.3) is 0 Å². The first-order valence-electron chi connectivity index (χ1n) is 16.1. The third kappa shape index (κ3) is 9.44. The smallest absolute Gasteiger partial charge is 0.352 e. The monoisotopic (exact) mass is 669 g/mol. The minimum absolute atomic E-state index is 0.00191. The molecule has 0 radical (unpaired) electrons. The standard InChI is InChI=1S/C35H45F2N5O6/c1-35(2,3)20-29(43)39-25-9-6-8-23(18-25)22-12-16-41(17-13-22)15-7-14-38-33(45)42-31(24-10-11-26(36)27(37)19-24)30(32(44)48-5)28(21-47-4)40-34(42)46/h6,8-11,18-19,22,30-31H,7,12-17,20-21H2,1-5H3,(H,38,45)(H,39,43)/t30?,31-/m0/s1. The lowest BCUT2D eigenvalue weighted by Gasteiger charge is -2.37. The highest BCUT2D eigenvalue weighted by Gasteiger charge is 2.47. The number of halogens is 2. The summed E-state index contributed by atoms with van der Waals surface area (Å²) in [6, 6.07) is 7.83. The van der Waals surface area contributed by atoms with Gasteiger partial charge in [-0.05, 0) is 85.6 Å². The van der Waals surface area contributed by atoms with E-state index in [1.165, 1.54) is 18.7 Å². The largest absolute Gasteiger partial charge is 0.468 e. The molecule has 48 heavy (non-hydrogen) atoms. The Morgan fingerprint density at radius 1 is 1.00 bits per heavy atom. The Labute approximate surface area is 280 Å². The summed E-state index contributed by atoms with van der Waals surface area (Å²) in [6.07, 6.45) is 2.92. The number of carbonyl (C=O) groups is 4. The van der Waals surface area contributed by atoms with Gasteiger partial charge >= 0.3 is 18.0 Å². The van der Waals surface area contributed by atoms with Crippen molar-refractivity contribution in [1.82, 2.24) is 15.1 Å². The van der Waals surface area contributed by atoms with Crippen molar-refractivity contribution in [2.24, 2.45) is 16.3 Å². The number of aliphatic imine (C=N–C) groups is 1. The minimum atomic E-state index is -1.34. The van der Waals surface area contributed by atoms with Crippen LogP contribution in [0.15, 0.2) is 47.5 Å². The van der Waals surface area contributed by atoms with Gasteiger partial charge < -0.3 is 25.0 Å². The first-order chi connectivity index (χ1) is 22.8. The zero-order valence-corrected chi connectivity index (χ0v) is 28.2. The SMILES string of the molecule is COCC1=NC(=O)N(C(=O)NCCCN2CCC(c3cccc(NC(=O)CC(C)(C)C)c3)CC2)[C@@H](c2ccc(F)c(F)c2)C1C(=O)OC. The number of piperidine rings is 1. The molecule has 11 nitrogen and oxygen atoms in total. The Bertz CT molecular complexity index is 1520. The Balaban J connectivity index is 1.34. The highest BCUT2D eigenvalue weighted by atomic mass is 19.2. The van der Waals surface area contributed by atoms with Gasteiger partial charge in [-0.3, -0.25) is 9.59 Å². The average molecular weight is 670 g/mol. The van der Waals surface area contributed by atoms with E-state index < -0.39 is 41.6 Å². The predicted octanol–water partition coefficient (Wildman–Crippen LogP) is 5.67. The van der Waals surface area contributed by atoms with Gasteiger partial charge in [0.05, 0.1) is 25.5 Å². The number of carbonyl (C=O) groups excluding carboxylic acids is 4. The number of imide groups is 1. The summed E-state index contributed by atoms with van der Waals surface area (Å²) in [5, 5.41) is 5.74. The number of anilines is 1. The van der Waals surface area contributed by atoms with Gasteiger partial charge in [0.1, 0.15) is 5.92 Å². The number of nitrogens with one attached hydrogen (secondary N) is 2. The van der Waals surface area contributed by atoms with E-state index in [0.717, 1.165) is 55.8 Å². The fraction of sp³-hybridized carbons (Fsp3) is 0.514. The maximum atomic E-state index is 14.3. The average Bonchev–Trinajstić information content (AvgIpc) is 3.03. The molecule has 0 aliphatic carbocycles. The van der Waals surface area contributed by atoms with E-state index in [4.69, 9.17) is 9.47 Å². The van der Waals surface area contributed by atoms with Gasteiger partial charge in [0.2, 0.25) is 5.91 Å². The van der Waals surface area contributed by atoms with Crippen LogP contribution >= 0.6 is 0 Å². The van der Waals surface area contributed by atoms with Gasteiger partial charge in [0, 0.05) is 25.8 Å². The zero-order chi connectivity index (χ0) is 35.0. The summed E-state index contributed by atoms with van der Waals surface area (Å²) in [7, 11) is 2.49. The van der Waals surface area contributed by atoms with E-state index >= 15 is 0 Å². The normalized spacial score (nSPS) is 19.1. The predicted molar refractivity (Wildman–Crippen MR) is 177 cm³/mol. The summed E-state index contributed by atoms with van der Waals surface area (Å²) >= 11 is 0. The van der Waals surface area contributed by atoms with Crippen LogP contribution in [-0.4, -0.2) is 86.5 Å². The molecule has 2 aliphatic rings. The lowest BCUT2D eigenvalue weighted by atomic mass is 9.86. The van der Waals surface area contributed by atoms with Gasteiger partial charge in [-0.1, -0.05) is 39.0 Å². The molecule has 2 aliphatic heterocycles. The second kappa shape index (κ2) is 16.2. The molecule has 1 unspecified atom stereocenters. The van der Waals surface area contributed by atoms with Crippen LogP contribution in [-0.2, 0) is 19.1 Å². The number of likely N-dealkylation sites (tertiary alicyclic amines) is 1. The van der Waals surface area contributed by atoms with Crippen molar-refractivity contribution in [3.63, 3.8) is 0 Å². The molecule has 5 amide bonds. The number of benzene rings is 2. The van der Waals surface area contributed by atoms with Crippen molar-refractivity contribution in [3.8, 4) is 0 Å². The quantitative estimate of drug-likeness (QED) is 0.233. The fourth-order valence-corrected chi connectivity index (χ4v) is 6.24. The third-order valence-electron chi connectivity index (χ3n) is 8.50. The maximum Gasteiger partial charge on any atom is 0.352 e. The summed E-state index contributed by atoms with van der Waals surface area (Å²) in [5.74, 6) is -4.05. The topological polar surface area (TPSA) is 130 Å². The van der Waals surface area contributed by atoms with E-state index in [2.05, 4.69) is 32.7 Å². The van der Waals surface area contributed by atoms with Gasteiger partial charge in [-0.25, -0.2) is 23.3 Å². The first kappa shape index (κ1) is 36.6. The van der Waals surface area contributed by atoms with Crippen molar-refractivity contribution in [2.75, 3.05) is 52.3 Å². The number of amides is 5. The molecule has 2 heterocycles. The van der Waals surface area contributed by atoms with Crippen molar-refractivity contribution in [3.05, 3.63) is 65.2 Å². The Kier molecular flexibility index (Phi) is 12.4. The second-order valence-electron chi connectivity index (χ2n) is 13.4. The number of methoxy groups -OCH3 is 2. The van der Waals surface area contributed by atoms with Crippen LogP contribution in [0.2, 0.25) is 0 Å². The molecule has 0 aromatic heterocycles. The number of ether oxygens (including phenoxy) is 2. The van der Waals surface area contributed by atoms with Crippen LogP contribution in [0.3, 0.4) is 0 Å². The molecule has 2 atom stereocenters. The molecule has 1 fully saturated rings. The number of hydrogen-bond donors (Lipinski definition) is 2. The van der Waals surface area contributed by atoms with Crippen molar-refractivity contribution < 1.29 is 37.4 Å². The number of esters is 1. The summed E-state index contributed by atoms with van der Waals surface area (Å²) in [6.45, 7) is 8.54. The number of nitrogens with zero attached hydrogens (tertiary/aromatic N) is 3. The van der Waals surface area contributed by atoms with Crippen LogP contribution in [0.25, 0.3) is 0 Å². The molecular weight excluding hydrogens is 624 g/mol. The van der Waals surface area contributed by atoms with Crippen LogP contribution in [0.1, 0.15) is 69.5 Å². The molecule has 260 valence electrons. The summed E-state index contributed by atoms with van der Waals surface area (Å²) in [5.41, 5.74) is 1.94. The molecular formula is C35H45F2N5O6. The minimum Gasteiger partial charge on any atom is -0.468 e. The Morgan fingerprint density at radius 3 is 2.38 bits per heavy atom. The van der Waals surface area contributed by atoms with E-state index in [1.807, 2.05) is 32.9 Å². The van der Waals surface area contributed by atoms with Gasteiger partial charge in [-0.2, -0.15) is 4.99 Å². The highest BCUT2D eigenvalue weighted by molar-refractivity contribution is 6.12. The highest BCUT2D eigenvalue weighted by Crippen LogP contribution is 2.36. The lowest BCUT2D eigenvalue weighted by Crippen LogP contribution is -2.54. The molecule has 2 aromatic rings. The molecule has 0 bridgehead atoms. The molecule has 0 saturated carbocycles. The molecule has 4 rings (SSSR count). The van der Waals surface area contributed by atoms with Crippen LogP contribution in [0.4, 0.5) is 24.1 Å². The van der Waals surface area contributed by atoms with E-state index in [0.29, 0.717) is 25.3 Å². The Morgan fingerprint density at radius 2 is 1.73 bits per heavy atom. The summed E-state index contributed by atoms with van der Waals surface area (Å²) in [4.78, 5) is 58.8. The fourth-order valence-electron chi connectivity index (χ4n) is 6.24. The first-order valence-corrected chi connectivity index (χ1v) is 16.1. The van der Waals surface area contributed by atoms with E-state index in [9.17, 15) is 28.0 Å². The number of hydrogen-bond acceptors (Lipinski definition) is 7. The van der Waals surface area contributed by atoms with Crippen molar-refractivity contribution >= 4 is 35.3 Å². The number of rotatable bonds is 11. The maximum absolute atomic E-state index is 14.3. The molecule has 0 spiro atoms. The second-order valence-corrected chi connectivity index (χ2v) is 13.4. The molecule has 2 N–H and O–H groups in total. The van der Waals surface area contributed by atoms with Crippen LogP contribution in [0.5, 0.6) is 0 Å². The van der Waals surface area contributed by atoms with Crippen molar-refractivity contribution in [1.29, 1.82) is 0 Å². The van der Waals surface area contributed by atoms with Gasteiger partial charge in [0.15, 0.2) is 11.6 Å². The van der Waals surface area contributed by atoms with E-state index in [1.54, 1.807) is 0 Å². The van der Waals surface area contributed by atoms with Crippen LogP contribution < -0.4 is 10.6 Å². The van der Waals surface area contributed by atoms with Crippen molar-refractivity contribution in [2.45, 2.75) is 58.4 Å². The molecule has 2 aromatic carbocycles. The molecule has 13 heteroatoms. The lowest BCUT2D eigenvalue weighted by molar-refractivity contribution is -0.144. The Hall–Kier alpha value is -4.23. The van der Waals surface area contributed by atoms with Gasteiger partial charge in [-0.15, -0.1) is 0 Å². The third-order valence-corrected chi connectivity index (χ3v) is 8.50. The molecule has 1 saturated heterocycles. The van der Waals surface area contributed by atoms with E-state index in [-0.39, 0.29) is 35.7 Å².